The van der Waals surface area contributed by atoms with Gasteiger partial charge in [0, 0.05) is 12.6 Å². The lowest BCUT2D eigenvalue weighted by atomic mass is 9.70. The van der Waals surface area contributed by atoms with Crippen LogP contribution in [0.5, 0.6) is 0 Å². The normalized spacial score (nSPS) is 17.6. The van der Waals surface area contributed by atoms with E-state index in [4.69, 9.17) is 0 Å². The molecule has 0 heterocycles. The summed E-state index contributed by atoms with van der Waals surface area (Å²) in [5, 5.41) is 14.0. The third-order valence-corrected chi connectivity index (χ3v) is 3.37. The maximum absolute atomic E-state index is 10.8. The van der Waals surface area contributed by atoms with Crippen molar-refractivity contribution in [3.63, 3.8) is 0 Å². The Balaban J connectivity index is 2.06. The first-order chi connectivity index (χ1) is 7.61. The maximum atomic E-state index is 10.8. The Morgan fingerprint density at radius 1 is 1.44 bits per heavy atom. The number of nitrogens with one attached hydrogen (secondary N) is 1. The zero-order chi connectivity index (χ0) is 11.6. The van der Waals surface area contributed by atoms with E-state index in [0.29, 0.717) is 11.1 Å². The van der Waals surface area contributed by atoms with Crippen LogP contribution in [0.15, 0.2) is 24.3 Å². The van der Waals surface area contributed by atoms with Gasteiger partial charge in [0.05, 0.1) is 4.92 Å². The van der Waals surface area contributed by atoms with E-state index in [0.717, 1.165) is 6.54 Å². The number of benzene rings is 1. The fourth-order valence-electron chi connectivity index (χ4n) is 2.05. The Labute approximate surface area is 94.8 Å². The summed E-state index contributed by atoms with van der Waals surface area (Å²) in [6.45, 7) is 3.04. The topological polar surface area (TPSA) is 55.2 Å². The molecule has 4 nitrogen and oxygen atoms in total. The van der Waals surface area contributed by atoms with E-state index in [1.54, 1.807) is 12.1 Å². The highest BCUT2D eigenvalue weighted by atomic mass is 16.6. The molecule has 0 saturated heterocycles. The average molecular weight is 220 g/mol. The third kappa shape index (κ3) is 2.15. The molecule has 16 heavy (non-hydrogen) atoms. The SMILES string of the molecule is CC1(CNc2ccccc2[N+](=O)[O-])CCC1. The number of nitrogens with zero attached hydrogens (tertiary/aromatic N) is 1. The molecule has 1 aliphatic rings. The largest absolute Gasteiger partial charge is 0.379 e. The summed E-state index contributed by atoms with van der Waals surface area (Å²) in [6.07, 6.45) is 3.69. The number of rotatable bonds is 4. The van der Waals surface area contributed by atoms with E-state index in [9.17, 15) is 10.1 Å². The van der Waals surface area contributed by atoms with Gasteiger partial charge in [0.25, 0.3) is 5.69 Å². The molecule has 0 spiro atoms. The average Bonchev–Trinajstić information content (AvgIpc) is 2.24. The lowest BCUT2D eigenvalue weighted by Gasteiger charge is -2.38. The van der Waals surface area contributed by atoms with Crippen molar-refractivity contribution < 1.29 is 4.92 Å². The highest BCUT2D eigenvalue weighted by Gasteiger charge is 2.31. The van der Waals surface area contributed by atoms with Crippen LogP contribution in [0, 0.1) is 15.5 Å². The van der Waals surface area contributed by atoms with Crippen LogP contribution in [0.2, 0.25) is 0 Å². The molecule has 1 aromatic rings. The number of hydrogen-bond acceptors (Lipinski definition) is 3. The first kappa shape index (κ1) is 10.9. The number of nitro groups is 1. The quantitative estimate of drug-likeness (QED) is 0.626. The highest BCUT2D eigenvalue weighted by Crippen LogP contribution is 2.40. The Morgan fingerprint density at radius 3 is 2.69 bits per heavy atom. The summed E-state index contributed by atoms with van der Waals surface area (Å²) < 4.78 is 0. The van der Waals surface area contributed by atoms with Crippen LogP contribution >= 0.6 is 0 Å². The van der Waals surface area contributed by atoms with Gasteiger partial charge in [-0.1, -0.05) is 25.5 Å². The molecule has 0 aromatic heterocycles. The molecular formula is C12H16N2O2. The van der Waals surface area contributed by atoms with Crippen LogP contribution in [0.4, 0.5) is 11.4 Å². The molecular weight excluding hydrogens is 204 g/mol. The number of nitro benzene ring substituents is 1. The second kappa shape index (κ2) is 4.12. The molecule has 0 unspecified atom stereocenters. The molecule has 1 N–H and O–H groups in total. The molecule has 4 heteroatoms. The Kier molecular flexibility index (Phi) is 2.81. The Hall–Kier alpha value is -1.58. The van der Waals surface area contributed by atoms with E-state index in [1.807, 2.05) is 6.07 Å². The van der Waals surface area contributed by atoms with Gasteiger partial charge in [-0.25, -0.2) is 0 Å². The fourth-order valence-corrected chi connectivity index (χ4v) is 2.05. The lowest BCUT2D eigenvalue weighted by molar-refractivity contribution is -0.384. The summed E-state index contributed by atoms with van der Waals surface area (Å²) in [5.41, 5.74) is 1.11. The van der Waals surface area contributed by atoms with Gasteiger partial charge in [0.1, 0.15) is 5.69 Å². The van der Waals surface area contributed by atoms with Crippen molar-refractivity contribution in [1.29, 1.82) is 0 Å². The number of hydrogen-bond donors (Lipinski definition) is 1. The van der Waals surface area contributed by atoms with E-state index in [2.05, 4.69) is 12.2 Å². The summed E-state index contributed by atoms with van der Waals surface area (Å²) in [6, 6.07) is 6.80. The first-order valence-electron chi connectivity index (χ1n) is 5.58. The molecule has 0 amide bonds. The molecule has 0 radical (unpaired) electrons. The molecule has 0 aliphatic heterocycles. The van der Waals surface area contributed by atoms with Crippen molar-refractivity contribution in [3.05, 3.63) is 34.4 Å². The van der Waals surface area contributed by atoms with Crippen LogP contribution in [0.3, 0.4) is 0 Å². The van der Waals surface area contributed by atoms with E-state index in [-0.39, 0.29) is 10.6 Å². The van der Waals surface area contributed by atoms with Crippen LogP contribution in [0.25, 0.3) is 0 Å². The van der Waals surface area contributed by atoms with Gasteiger partial charge in [-0.3, -0.25) is 10.1 Å². The smallest absolute Gasteiger partial charge is 0.292 e. The minimum Gasteiger partial charge on any atom is -0.379 e. The van der Waals surface area contributed by atoms with E-state index >= 15 is 0 Å². The van der Waals surface area contributed by atoms with Gasteiger partial charge < -0.3 is 5.32 Å². The summed E-state index contributed by atoms with van der Waals surface area (Å²) in [4.78, 5) is 10.5. The third-order valence-electron chi connectivity index (χ3n) is 3.37. The Morgan fingerprint density at radius 2 is 2.12 bits per heavy atom. The van der Waals surface area contributed by atoms with E-state index < -0.39 is 0 Å². The minimum atomic E-state index is -0.342. The fraction of sp³-hybridized carbons (Fsp3) is 0.500. The second-order valence-electron chi connectivity index (χ2n) is 4.79. The van der Waals surface area contributed by atoms with Crippen LogP contribution < -0.4 is 5.32 Å². The number of para-hydroxylation sites is 2. The molecule has 1 fully saturated rings. The van der Waals surface area contributed by atoms with Crippen molar-refractivity contribution in [2.45, 2.75) is 26.2 Å². The molecule has 1 aliphatic carbocycles. The van der Waals surface area contributed by atoms with Crippen molar-refractivity contribution in [2.75, 3.05) is 11.9 Å². The zero-order valence-electron chi connectivity index (χ0n) is 9.40. The predicted octanol–water partition coefficient (Wildman–Crippen LogP) is 3.20. The second-order valence-corrected chi connectivity index (χ2v) is 4.79. The molecule has 2 rings (SSSR count). The van der Waals surface area contributed by atoms with Gasteiger partial charge in [0.15, 0.2) is 0 Å². The maximum Gasteiger partial charge on any atom is 0.292 e. The van der Waals surface area contributed by atoms with Crippen LogP contribution in [-0.2, 0) is 0 Å². The molecule has 1 aromatic carbocycles. The van der Waals surface area contributed by atoms with Gasteiger partial charge in [-0.15, -0.1) is 0 Å². The van der Waals surface area contributed by atoms with Gasteiger partial charge in [-0.2, -0.15) is 0 Å². The standard InChI is InChI=1S/C12H16N2O2/c1-12(7-4-8-12)9-13-10-5-2-3-6-11(10)14(15)16/h2-3,5-6,13H,4,7-9H2,1H3. The summed E-state index contributed by atoms with van der Waals surface area (Å²) in [7, 11) is 0. The molecule has 0 bridgehead atoms. The molecule has 86 valence electrons. The van der Waals surface area contributed by atoms with Gasteiger partial charge >= 0.3 is 0 Å². The van der Waals surface area contributed by atoms with Crippen LogP contribution in [-0.4, -0.2) is 11.5 Å². The van der Waals surface area contributed by atoms with Gasteiger partial charge in [-0.05, 0) is 24.3 Å². The first-order valence-corrected chi connectivity index (χ1v) is 5.58. The van der Waals surface area contributed by atoms with Crippen molar-refractivity contribution in [3.8, 4) is 0 Å². The zero-order valence-corrected chi connectivity index (χ0v) is 9.40. The van der Waals surface area contributed by atoms with E-state index in [1.165, 1.54) is 25.3 Å². The predicted molar refractivity (Wildman–Crippen MR) is 63.5 cm³/mol. The highest BCUT2D eigenvalue weighted by molar-refractivity contribution is 5.61. The van der Waals surface area contributed by atoms with Crippen LogP contribution in [0.1, 0.15) is 26.2 Å². The Bertz CT molecular complexity index is 400. The molecule has 1 saturated carbocycles. The minimum absolute atomic E-state index is 0.158. The van der Waals surface area contributed by atoms with Crippen molar-refractivity contribution in [1.82, 2.24) is 0 Å². The van der Waals surface area contributed by atoms with Crippen molar-refractivity contribution in [2.24, 2.45) is 5.41 Å². The van der Waals surface area contributed by atoms with Gasteiger partial charge in [0.2, 0.25) is 0 Å². The summed E-state index contributed by atoms with van der Waals surface area (Å²) in [5.74, 6) is 0. The number of anilines is 1. The summed E-state index contributed by atoms with van der Waals surface area (Å²) >= 11 is 0. The lowest BCUT2D eigenvalue weighted by Crippen LogP contribution is -2.33. The van der Waals surface area contributed by atoms with Crippen molar-refractivity contribution >= 4 is 11.4 Å². The molecule has 0 atom stereocenters. The monoisotopic (exact) mass is 220 g/mol.